The molecule has 160 valence electrons. The Balaban J connectivity index is 1.83. The van der Waals surface area contributed by atoms with Crippen LogP contribution in [0.15, 0.2) is 68.8 Å². The van der Waals surface area contributed by atoms with Crippen molar-refractivity contribution < 1.29 is 18.7 Å². The molecular weight excluding hydrogens is 462 g/mol. The second-order valence-corrected chi connectivity index (χ2v) is 8.15. The van der Waals surface area contributed by atoms with Crippen LogP contribution in [0.1, 0.15) is 34.1 Å². The van der Waals surface area contributed by atoms with Gasteiger partial charge >= 0.3 is 0 Å². The number of carbonyl (C=O) groups excluding carboxylic acids is 1. The number of hydrogen-bond acceptors (Lipinski definition) is 5. The molecule has 3 aromatic rings. The number of methoxy groups -OCH3 is 1. The van der Waals surface area contributed by atoms with Crippen molar-refractivity contribution in [3.05, 3.63) is 86.7 Å². The van der Waals surface area contributed by atoms with Crippen molar-refractivity contribution in [2.75, 3.05) is 26.9 Å². The lowest BCUT2D eigenvalue weighted by Crippen LogP contribution is -2.31. The molecule has 0 saturated carbocycles. The average molecular weight is 484 g/mol. The van der Waals surface area contributed by atoms with E-state index in [1.54, 1.807) is 36.3 Å². The quantitative estimate of drug-likeness (QED) is 0.343. The van der Waals surface area contributed by atoms with E-state index in [9.17, 15) is 9.59 Å². The molecule has 0 radical (unpaired) electrons. The summed E-state index contributed by atoms with van der Waals surface area (Å²) < 4.78 is 17.4. The van der Waals surface area contributed by atoms with E-state index in [1.165, 1.54) is 0 Å². The van der Waals surface area contributed by atoms with Gasteiger partial charge in [-0.1, -0.05) is 40.7 Å². The minimum Gasteiger partial charge on any atom is -0.490 e. The maximum absolute atomic E-state index is 13.5. The van der Waals surface area contributed by atoms with Crippen LogP contribution >= 0.6 is 15.9 Å². The van der Waals surface area contributed by atoms with E-state index in [0.717, 1.165) is 10.0 Å². The molecule has 0 aliphatic carbocycles. The van der Waals surface area contributed by atoms with Gasteiger partial charge in [0, 0.05) is 24.7 Å². The zero-order valence-corrected chi connectivity index (χ0v) is 18.7. The normalized spacial score (nSPS) is 15.4. The van der Waals surface area contributed by atoms with Gasteiger partial charge in [0.1, 0.15) is 17.9 Å². The molecule has 0 fully saturated rings. The van der Waals surface area contributed by atoms with E-state index >= 15 is 0 Å². The fourth-order valence-corrected chi connectivity index (χ4v) is 4.21. The van der Waals surface area contributed by atoms with Crippen LogP contribution in [0.25, 0.3) is 11.0 Å². The molecule has 1 amide bonds. The maximum Gasteiger partial charge on any atom is 0.290 e. The van der Waals surface area contributed by atoms with E-state index in [-0.39, 0.29) is 17.1 Å². The van der Waals surface area contributed by atoms with Crippen molar-refractivity contribution >= 4 is 32.8 Å². The predicted octanol–water partition coefficient (Wildman–Crippen LogP) is 4.70. The number of carbonyl (C=O) groups is 1. The topological polar surface area (TPSA) is 69.0 Å². The molecule has 1 aliphatic heterocycles. The lowest BCUT2D eigenvalue weighted by atomic mass is 9.98. The fourth-order valence-electron chi connectivity index (χ4n) is 3.85. The highest BCUT2D eigenvalue weighted by Crippen LogP contribution is 2.38. The molecular formula is C24H22BrNO5. The first kappa shape index (κ1) is 21.3. The highest BCUT2D eigenvalue weighted by molar-refractivity contribution is 9.10. The van der Waals surface area contributed by atoms with Gasteiger partial charge in [-0.3, -0.25) is 9.59 Å². The van der Waals surface area contributed by atoms with E-state index in [0.29, 0.717) is 48.5 Å². The lowest BCUT2D eigenvalue weighted by molar-refractivity contribution is 0.0708. The van der Waals surface area contributed by atoms with E-state index in [4.69, 9.17) is 13.9 Å². The Bertz CT molecular complexity index is 1190. The molecule has 31 heavy (non-hydrogen) atoms. The molecule has 1 atom stereocenters. The Morgan fingerprint density at radius 1 is 1.19 bits per heavy atom. The second kappa shape index (κ2) is 9.08. The molecule has 0 saturated heterocycles. The molecule has 1 unspecified atom stereocenters. The van der Waals surface area contributed by atoms with Gasteiger partial charge in [0.15, 0.2) is 5.43 Å². The fraction of sp³-hybridized carbons (Fsp3) is 0.250. The van der Waals surface area contributed by atoms with Crippen molar-refractivity contribution in [3.8, 4) is 5.75 Å². The summed E-state index contributed by atoms with van der Waals surface area (Å²) in [6.07, 6.45) is 2.32. The average Bonchev–Trinajstić information content (AvgIpc) is 3.05. The third kappa shape index (κ3) is 4.03. The third-order valence-electron chi connectivity index (χ3n) is 5.24. The lowest BCUT2D eigenvalue weighted by Gasteiger charge is -2.25. The summed E-state index contributed by atoms with van der Waals surface area (Å²) in [5, 5.41) is 0.440. The Hall–Kier alpha value is -2.90. The van der Waals surface area contributed by atoms with Gasteiger partial charge in [0.2, 0.25) is 5.76 Å². The summed E-state index contributed by atoms with van der Waals surface area (Å²) in [5.41, 5.74) is 1.38. The highest BCUT2D eigenvalue weighted by atomic mass is 79.9. The minimum atomic E-state index is -0.535. The molecule has 2 aromatic carbocycles. The van der Waals surface area contributed by atoms with Crippen LogP contribution in [0, 0.1) is 0 Å². The first-order valence-electron chi connectivity index (χ1n) is 9.95. The number of fused-ring (bicyclic) bond motifs is 2. The van der Waals surface area contributed by atoms with E-state index in [1.807, 2.05) is 24.3 Å². The molecule has 2 heterocycles. The van der Waals surface area contributed by atoms with Gasteiger partial charge in [0.05, 0.1) is 17.0 Å². The summed E-state index contributed by atoms with van der Waals surface area (Å²) in [6.45, 7) is 5.00. The number of rotatable bonds is 8. The van der Waals surface area contributed by atoms with Crippen molar-refractivity contribution in [1.29, 1.82) is 0 Å². The molecule has 6 nitrogen and oxygen atoms in total. The number of halogens is 1. The summed E-state index contributed by atoms with van der Waals surface area (Å²) in [7, 11) is 1.62. The second-order valence-electron chi connectivity index (χ2n) is 7.23. The largest absolute Gasteiger partial charge is 0.490 e. The smallest absolute Gasteiger partial charge is 0.290 e. The van der Waals surface area contributed by atoms with Crippen LogP contribution in [-0.4, -0.2) is 37.7 Å². The number of nitrogens with zero attached hydrogens (tertiary/aromatic N) is 1. The number of benzene rings is 2. The van der Waals surface area contributed by atoms with Crippen LogP contribution in [0.3, 0.4) is 0 Å². The first-order chi connectivity index (χ1) is 15.0. The van der Waals surface area contributed by atoms with E-state index < -0.39 is 6.04 Å². The van der Waals surface area contributed by atoms with Crippen molar-refractivity contribution in [2.45, 2.75) is 12.5 Å². The Morgan fingerprint density at radius 2 is 1.97 bits per heavy atom. The first-order valence-corrected chi connectivity index (χ1v) is 10.7. The highest BCUT2D eigenvalue weighted by Gasteiger charge is 2.42. The van der Waals surface area contributed by atoms with Crippen LogP contribution in [-0.2, 0) is 4.74 Å². The summed E-state index contributed by atoms with van der Waals surface area (Å²) in [4.78, 5) is 28.4. The van der Waals surface area contributed by atoms with Crippen LogP contribution in [0.4, 0.5) is 0 Å². The zero-order chi connectivity index (χ0) is 22.0. The van der Waals surface area contributed by atoms with Crippen LogP contribution in [0.5, 0.6) is 5.75 Å². The molecule has 0 bridgehead atoms. The molecule has 1 aromatic heterocycles. The van der Waals surface area contributed by atoms with Gasteiger partial charge in [-0.25, -0.2) is 0 Å². The number of hydrogen-bond donors (Lipinski definition) is 0. The van der Waals surface area contributed by atoms with E-state index in [2.05, 4.69) is 22.5 Å². The maximum atomic E-state index is 13.5. The van der Waals surface area contributed by atoms with Gasteiger partial charge in [-0.05, 0) is 42.3 Å². The molecule has 0 N–H and O–H groups in total. The standard InChI is InChI=1S/C24H22BrNO5/c1-3-12-30-17-8-5-15(6-9-17)21-20-22(27)18-14-16(25)7-10-19(18)31-23(20)24(28)26(21)11-4-13-29-2/h3,5-10,14,21H,1,4,11-13H2,2H3. The number of amides is 1. The van der Waals surface area contributed by atoms with Gasteiger partial charge in [-0.15, -0.1) is 0 Å². The summed E-state index contributed by atoms with van der Waals surface area (Å²) >= 11 is 3.41. The molecule has 1 aliphatic rings. The van der Waals surface area contributed by atoms with Crippen molar-refractivity contribution in [1.82, 2.24) is 4.90 Å². The predicted molar refractivity (Wildman–Crippen MR) is 122 cm³/mol. The molecule has 0 spiro atoms. The summed E-state index contributed by atoms with van der Waals surface area (Å²) in [6, 6.07) is 12.1. The zero-order valence-electron chi connectivity index (χ0n) is 17.1. The minimum absolute atomic E-state index is 0.106. The summed E-state index contributed by atoms with van der Waals surface area (Å²) in [5.74, 6) is 0.507. The van der Waals surface area contributed by atoms with Crippen LogP contribution < -0.4 is 10.2 Å². The van der Waals surface area contributed by atoms with Gasteiger partial charge in [-0.2, -0.15) is 0 Å². The monoisotopic (exact) mass is 483 g/mol. The molecule has 4 rings (SSSR count). The Kier molecular flexibility index (Phi) is 6.25. The van der Waals surface area contributed by atoms with Crippen molar-refractivity contribution in [3.63, 3.8) is 0 Å². The van der Waals surface area contributed by atoms with Gasteiger partial charge in [0.25, 0.3) is 5.91 Å². The van der Waals surface area contributed by atoms with Crippen LogP contribution in [0.2, 0.25) is 0 Å². The van der Waals surface area contributed by atoms with Crippen molar-refractivity contribution in [2.24, 2.45) is 0 Å². The SMILES string of the molecule is C=CCOc1ccc(C2c3c(oc4ccc(Br)cc4c3=O)C(=O)N2CCCOC)cc1. The molecule has 7 heteroatoms. The Labute approximate surface area is 188 Å². The van der Waals surface area contributed by atoms with Gasteiger partial charge < -0.3 is 18.8 Å². The number of ether oxygens (including phenoxy) is 2. The Morgan fingerprint density at radius 3 is 2.68 bits per heavy atom. The third-order valence-corrected chi connectivity index (χ3v) is 5.73.